The summed E-state index contributed by atoms with van der Waals surface area (Å²) in [6, 6.07) is 14.8. The number of hydrogen-bond acceptors (Lipinski definition) is 2. The first kappa shape index (κ1) is 15.6. The summed E-state index contributed by atoms with van der Waals surface area (Å²) in [5.74, 6) is 0.944. The molecule has 0 radical (unpaired) electrons. The van der Waals surface area contributed by atoms with Crippen LogP contribution in [0.4, 0.5) is 0 Å². The van der Waals surface area contributed by atoms with Crippen molar-refractivity contribution in [3.8, 4) is 17.0 Å². The van der Waals surface area contributed by atoms with E-state index in [4.69, 9.17) is 10.5 Å². The zero-order chi connectivity index (χ0) is 16.2. The van der Waals surface area contributed by atoms with E-state index in [1.165, 1.54) is 22.2 Å². The molecule has 3 N–H and O–H groups in total. The lowest BCUT2D eigenvalue weighted by atomic mass is 9.98. The number of hydrogen-bond donors (Lipinski definition) is 2. The van der Waals surface area contributed by atoms with Gasteiger partial charge in [0.1, 0.15) is 5.75 Å². The number of aromatic nitrogens is 1. The second-order valence-corrected chi connectivity index (χ2v) is 5.93. The maximum absolute atomic E-state index is 5.67. The minimum atomic E-state index is 0.742. The zero-order valence-electron chi connectivity index (χ0n) is 13.9. The first-order chi connectivity index (χ1) is 11.3. The number of fused-ring (bicyclic) bond motifs is 1. The summed E-state index contributed by atoms with van der Waals surface area (Å²) in [5.41, 5.74) is 11.7. The molecule has 3 rings (SSSR count). The Morgan fingerprint density at radius 1 is 1.04 bits per heavy atom. The standard InChI is InChI=1S/C20H24N2O/c1-14-8-7-11-17(20(14)23-2)19-16(10-5-6-13-21)15-9-3-4-12-18(15)22-19/h3-4,7-9,11-12,22H,5-6,10,13,21H2,1-2H3. The molecular formula is C20H24N2O. The molecule has 23 heavy (non-hydrogen) atoms. The maximum Gasteiger partial charge on any atom is 0.131 e. The molecule has 0 fully saturated rings. The summed E-state index contributed by atoms with van der Waals surface area (Å²) in [5, 5.41) is 1.29. The SMILES string of the molecule is COc1c(C)cccc1-c1[nH]c2ccccc2c1CCCCN. The van der Waals surface area contributed by atoms with Crippen LogP contribution in [0.2, 0.25) is 0 Å². The van der Waals surface area contributed by atoms with Crippen LogP contribution in [0.1, 0.15) is 24.0 Å². The van der Waals surface area contributed by atoms with E-state index >= 15 is 0 Å². The molecule has 0 spiro atoms. The molecule has 1 aromatic heterocycles. The van der Waals surface area contributed by atoms with Gasteiger partial charge in [-0.1, -0.05) is 30.3 Å². The van der Waals surface area contributed by atoms with Crippen molar-refractivity contribution in [3.63, 3.8) is 0 Å². The first-order valence-electron chi connectivity index (χ1n) is 8.20. The maximum atomic E-state index is 5.67. The number of para-hydroxylation sites is 2. The van der Waals surface area contributed by atoms with Gasteiger partial charge in [-0.15, -0.1) is 0 Å². The Balaban J connectivity index is 2.16. The van der Waals surface area contributed by atoms with Gasteiger partial charge in [-0.2, -0.15) is 0 Å². The van der Waals surface area contributed by atoms with Gasteiger partial charge in [0.2, 0.25) is 0 Å². The van der Waals surface area contributed by atoms with E-state index in [2.05, 4.69) is 54.4 Å². The van der Waals surface area contributed by atoms with Crippen LogP contribution in [0.25, 0.3) is 22.2 Å². The second-order valence-electron chi connectivity index (χ2n) is 5.93. The number of methoxy groups -OCH3 is 1. The minimum Gasteiger partial charge on any atom is -0.496 e. The molecule has 2 aromatic carbocycles. The molecule has 0 aliphatic rings. The Hall–Kier alpha value is -2.26. The number of rotatable bonds is 6. The van der Waals surface area contributed by atoms with Crippen LogP contribution in [0.3, 0.4) is 0 Å². The van der Waals surface area contributed by atoms with Gasteiger partial charge in [-0.25, -0.2) is 0 Å². The van der Waals surface area contributed by atoms with Crippen molar-refractivity contribution in [3.05, 3.63) is 53.6 Å². The van der Waals surface area contributed by atoms with Crippen molar-refractivity contribution in [2.75, 3.05) is 13.7 Å². The Morgan fingerprint density at radius 3 is 2.65 bits per heavy atom. The third-order valence-corrected chi connectivity index (χ3v) is 4.38. The molecular weight excluding hydrogens is 284 g/mol. The van der Waals surface area contributed by atoms with Gasteiger partial charge >= 0.3 is 0 Å². The van der Waals surface area contributed by atoms with Crippen molar-refractivity contribution >= 4 is 10.9 Å². The molecule has 0 unspecified atom stereocenters. The van der Waals surface area contributed by atoms with Crippen LogP contribution in [-0.4, -0.2) is 18.6 Å². The van der Waals surface area contributed by atoms with E-state index in [0.29, 0.717) is 0 Å². The number of H-pyrrole nitrogens is 1. The molecule has 120 valence electrons. The second kappa shape index (κ2) is 6.88. The average Bonchev–Trinajstić information content (AvgIpc) is 2.93. The largest absolute Gasteiger partial charge is 0.496 e. The van der Waals surface area contributed by atoms with Crippen molar-refractivity contribution < 1.29 is 4.74 Å². The lowest BCUT2D eigenvalue weighted by molar-refractivity contribution is 0.413. The molecule has 3 aromatic rings. The molecule has 0 saturated heterocycles. The van der Waals surface area contributed by atoms with Gasteiger partial charge in [0, 0.05) is 16.5 Å². The zero-order valence-corrected chi connectivity index (χ0v) is 13.9. The number of unbranched alkanes of at least 4 members (excludes halogenated alkanes) is 1. The molecule has 0 amide bonds. The summed E-state index contributed by atoms with van der Waals surface area (Å²) in [7, 11) is 1.74. The first-order valence-corrected chi connectivity index (χ1v) is 8.20. The van der Waals surface area contributed by atoms with Crippen LogP contribution >= 0.6 is 0 Å². The molecule has 0 saturated carbocycles. The fourth-order valence-corrected chi connectivity index (χ4v) is 3.26. The number of nitrogens with one attached hydrogen (secondary N) is 1. The lowest BCUT2D eigenvalue weighted by Crippen LogP contribution is -1.99. The van der Waals surface area contributed by atoms with E-state index in [-0.39, 0.29) is 0 Å². The molecule has 0 atom stereocenters. The molecule has 0 aliphatic heterocycles. The van der Waals surface area contributed by atoms with Crippen LogP contribution in [0.5, 0.6) is 5.75 Å². The highest BCUT2D eigenvalue weighted by Gasteiger charge is 2.16. The van der Waals surface area contributed by atoms with E-state index in [9.17, 15) is 0 Å². The Kier molecular flexibility index (Phi) is 4.68. The van der Waals surface area contributed by atoms with Gasteiger partial charge < -0.3 is 15.5 Å². The van der Waals surface area contributed by atoms with Crippen LogP contribution in [0.15, 0.2) is 42.5 Å². The highest BCUT2D eigenvalue weighted by Crippen LogP contribution is 2.37. The summed E-state index contributed by atoms with van der Waals surface area (Å²) in [6.07, 6.45) is 3.16. The van der Waals surface area contributed by atoms with Crippen LogP contribution < -0.4 is 10.5 Å². The van der Waals surface area contributed by atoms with E-state index in [1.54, 1.807) is 7.11 Å². The number of aryl methyl sites for hydroxylation is 2. The number of aromatic amines is 1. The molecule has 1 heterocycles. The van der Waals surface area contributed by atoms with Crippen molar-refractivity contribution in [1.29, 1.82) is 0 Å². The summed E-state index contributed by atoms with van der Waals surface area (Å²) < 4.78 is 5.67. The Morgan fingerprint density at radius 2 is 1.87 bits per heavy atom. The van der Waals surface area contributed by atoms with Crippen molar-refractivity contribution in [1.82, 2.24) is 4.98 Å². The van der Waals surface area contributed by atoms with Gasteiger partial charge in [0.05, 0.1) is 12.8 Å². The number of ether oxygens (including phenoxy) is 1. The van der Waals surface area contributed by atoms with Gasteiger partial charge in [-0.3, -0.25) is 0 Å². The molecule has 0 aliphatic carbocycles. The third-order valence-electron chi connectivity index (χ3n) is 4.38. The molecule has 3 heteroatoms. The monoisotopic (exact) mass is 308 g/mol. The Bertz CT molecular complexity index is 805. The van der Waals surface area contributed by atoms with Crippen LogP contribution in [0, 0.1) is 6.92 Å². The van der Waals surface area contributed by atoms with Crippen LogP contribution in [-0.2, 0) is 6.42 Å². The van der Waals surface area contributed by atoms with E-state index in [1.807, 2.05) is 0 Å². The molecule has 3 nitrogen and oxygen atoms in total. The topological polar surface area (TPSA) is 51.0 Å². The third kappa shape index (κ3) is 2.97. The Labute approximate surface area is 137 Å². The average molecular weight is 308 g/mol. The molecule has 0 bridgehead atoms. The highest BCUT2D eigenvalue weighted by atomic mass is 16.5. The summed E-state index contributed by atoms with van der Waals surface area (Å²) in [6.45, 7) is 2.82. The number of nitrogens with two attached hydrogens (primary N) is 1. The summed E-state index contributed by atoms with van der Waals surface area (Å²) >= 11 is 0. The smallest absolute Gasteiger partial charge is 0.131 e. The lowest BCUT2D eigenvalue weighted by Gasteiger charge is -2.12. The van der Waals surface area contributed by atoms with Gasteiger partial charge in [0.25, 0.3) is 0 Å². The number of benzene rings is 2. The fraction of sp³-hybridized carbons (Fsp3) is 0.300. The van der Waals surface area contributed by atoms with E-state index < -0.39 is 0 Å². The fourth-order valence-electron chi connectivity index (χ4n) is 3.26. The van der Waals surface area contributed by atoms with Gasteiger partial charge in [-0.05, 0) is 56.0 Å². The normalized spacial score (nSPS) is 11.1. The van der Waals surface area contributed by atoms with Crippen molar-refractivity contribution in [2.24, 2.45) is 5.73 Å². The minimum absolute atomic E-state index is 0.742. The highest BCUT2D eigenvalue weighted by molar-refractivity contribution is 5.92. The summed E-state index contributed by atoms with van der Waals surface area (Å²) in [4.78, 5) is 3.60. The quantitative estimate of drug-likeness (QED) is 0.662. The van der Waals surface area contributed by atoms with Crippen molar-refractivity contribution in [2.45, 2.75) is 26.2 Å². The predicted octanol–water partition coefficient (Wildman–Crippen LogP) is 4.43. The van der Waals surface area contributed by atoms with Gasteiger partial charge in [0.15, 0.2) is 0 Å². The van der Waals surface area contributed by atoms with E-state index in [0.717, 1.165) is 42.7 Å². The predicted molar refractivity (Wildman–Crippen MR) is 97.0 cm³/mol.